The third-order valence-electron chi connectivity index (χ3n) is 4.05. The Hall–Kier alpha value is -3.67. The predicted octanol–water partition coefficient (Wildman–Crippen LogP) is 3.52. The van der Waals surface area contributed by atoms with Gasteiger partial charge in [-0.3, -0.25) is 0 Å². The van der Waals surface area contributed by atoms with Crippen LogP contribution in [0.3, 0.4) is 0 Å². The fraction of sp³-hybridized carbons (Fsp3) is 0.111. The Kier molecular flexibility index (Phi) is 3.88. The maximum Gasteiger partial charge on any atom is 0.433 e. The number of pyridine rings is 1. The highest BCUT2D eigenvalue weighted by atomic mass is 19.4. The molecule has 0 spiro atoms. The van der Waals surface area contributed by atoms with Crippen LogP contribution >= 0.6 is 0 Å². The number of benzene rings is 1. The van der Waals surface area contributed by atoms with Crippen LogP contribution in [0.15, 0.2) is 59.9 Å². The summed E-state index contributed by atoms with van der Waals surface area (Å²) < 4.78 is 40.2. The first-order chi connectivity index (χ1) is 13.0. The van der Waals surface area contributed by atoms with Crippen LogP contribution in [-0.2, 0) is 6.18 Å². The van der Waals surface area contributed by atoms with E-state index < -0.39 is 11.9 Å². The molecule has 0 fully saturated rings. The molecule has 27 heavy (non-hydrogen) atoms. The number of aromatic nitrogens is 3. The fourth-order valence-corrected chi connectivity index (χ4v) is 2.79. The van der Waals surface area contributed by atoms with Crippen LogP contribution in [0.4, 0.5) is 13.2 Å². The summed E-state index contributed by atoms with van der Waals surface area (Å²) >= 11 is 0. The minimum Gasteiger partial charge on any atom is -0.338 e. The van der Waals surface area contributed by atoms with Gasteiger partial charge in [-0.25, -0.2) is 14.7 Å². The first kappa shape index (κ1) is 16.8. The first-order valence-corrected chi connectivity index (χ1v) is 7.89. The smallest absolute Gasteiger partial charge is 0.338 e. The standard InChI is InChI=1S/C18H11F3N6/c19-18(20,21)15-2-1-3-17(26-15)27-14-8-11(4-5-12(14)10-24-27)13-6-7-23-16(9-22)25-13/h1-8,10,13H,(H,23,25). The molecule has 9 heteroatoms. The molecule has 0 saturated carbocycles. The molecule has 1 atom stereocenters. The molecule has 1 N–H and O–H groups in total. The highest BCUT2D eigenvalue weighted by molar-refractivity contribution is 5.97. The summed E-state index contributed by atoms with van der Waals surface area (Å²) in [5.74, 6) is 0.259. The van der Waals surface area contributed by atoms with Crippen molar-refractivity contribution in [3.8, 4) is 11.9 Å². The number of nitriles is 1. The van der Waals surface area contributed by atoms with Gasteiger partial charge < -0.3 is 5.32 Å². The number of nitrogens with zero attached hydrogens (tertiary/aromatic N) is 5. The average Bonchev–Trinajstić information content (AvgIpc) is 3.10. The lowest BCUT2D eigenvalue weighted by Crippen LogP contribution is -2.20. The second-order valence-electron chi connectivity index (χ2n) is 5.79. The van der Waals surface area contributed by atoms with Crippen molar-refractivity contribution in [2.75, 3.05) is 0 Å². The molecule has 4 rings (SSSR count). The summed E-state index contributed by atoms with van der Waals surface area (Å²) in [4.78, 5) is 7.96. The Labute approximate surface area is 151 Å². The number of alkyl halides is 3. The molecule has 1 aliphatic rings. The second kappa shape index (κ2) is 6.25. The summed E-state index contributed by atoms with van der Waals surface area (Å²) in [6, 6.07) is 10.7. The van der Waals surface area contributed by atoms with E-state index in [0.29, 0.717) is 5.52 Å². The molecule has 2 aromatic heterocycles. The van der Waals surface area contributed by atoms with Gasteiger partial charge in [0.25, 0.3) is 0 Å². The molecule has 0 bridgehead atoms. The lowest BCUT2D eigenvalue weighted by molar-refractivity contribution is -0.141. The molecule has 0 saturated heterocycles. The quantitative estimate of drug-likeness (QED) is 0.751. The van der Waals surface area contributed by atoms with Crippen molar-refractivity contribution in [2.24, 2.45) is 4.99 Å². The molecule has 0 amide bonds. The minimum absolute atomic E-state index is 0.0686. The molecule has 3 aromatic rings. The molecule has 1 aromatic carbocycles. The van der Waals surface area contributed by atoms with Crippen LogP contribution in [0, 0.1) is 11.3 Å². The minimum atomic E-state index is -4.54. The van der Waals surface area contributed by atoms with Gasteiger partial charge in [0.2, 0.25) is 5.84 Å². The van der Waals surface area contributed by atoms with E-state index in [0.717, 1.165) is 17.0 Å². The third kappa shape index (κ3) is 3.13. The van der Waals surface area contributed by atoms with E-state index in [1.807, 2.05) is 12.1 Å². The summed E-state index contributed by atoms with van der Waals surface area (Å²) in [5.41, 5.74) is 0.394. The third-order valence-corrected chi connectivity index (χ3v) is 4.05. The maximum absolute atomic E-state index is 13.0. The van der Waals surface area contributed by atoms with Gasteiger partial charge in [0, 0.05) is 11.6 Å². The molecule has 1 unspecified atom stereocenters. The van der Waals surface area contributed by atoms with Gasteiger partial charge in [-0.05, 0) is 29.8 Å². The second-order valence-corrected chi connectivity index (χ2v) is 5.79. The summed E-state index contributed by atoms with van der Waals surface area (Å²) in [6.45, 7) is 0. The summed E-state index contributed by atoms with van der Waals surface area (Å²) in [7, 11) is 0. The zero-order chi connectivity index (χ0) is 19.0. The molecule has 6 nitrogen and oxygen atoms in total. The van der Waals surface area contributed by atoms with Crippen molar-refractivity contribution in [2.45, 2.75) is 12.2 Å². The zero-order valence-corrected chi connectivity index (χ0v) is 13.6. The fourth-order valence-electron chi connectivity index (χ4n) is 2.79. The SMILES string of the molecule is N#CC1=NC(c2ccc3cnn(-c4cccc(C(F)(F)F)n4)c3c2)C=CN1. The van der Waals surface area contributed by atoms with Crippen molar-refractivity contribution in [1.29, 1.82) is 5.26 Å². The van der Waals surface area contributed by atoms with Crippen LogP contribution in [0.1, 0.15) is 17.3 Å². The van der Waals surface area contributed by atoms with Crippen molar-refractivity contribution in [3.05, 3.63) is 66.1 Å². The number of amidine groups is 1. The number of hydrogen-bond acceptors (Lipinski definition) is 5. The first-order valence-electron chi connectivity index (χ1n) is 7.89. The van der Waals surface area contributed by atoms with Crippen molar-refractivity contribution < 1.29 is 13.2 Å². The zero-order valence-electron chi connectivity index (χ0n) is 13.6. The van der Waals surface area contributed by atoms with Crippen LogP contribution in [-0.4, -0.2) is 20.6 Å². The van der Waals surface area contributed by atoms with Crippen LogP contribution in [0.5, 0.6) is 0 Å². The van der Waals surface area contributed by atoms with E-state index in [2.05, 4.69) is 20.4 Å². The van der Waals surface area contributed by atoms with E-state index in [-0.39, 0.29) is 17.7 Å². The highest BCUT2D eigenvalue weighted by Crippen LogP contribution is 2.29. The van der Waals surface area contributed by atoms with Crippen molar-refractivity contribution in [1.82, 2.24) is 20.1 Å². The number of fused-ring (bicyclic) bond motifs is 1. The Bertz CT molecular complexity index is 1120. The lowest BCUT2D eigenvalue weighted by atomic mass is 10.0. The van der Waals surface area contributed by atoms with E-state index in [9.17, 15) is 13.2 Å². The Morgan fingerprint density at radius 2 is 2.04 bits per heavy atom. The number of aliphatic imine (C=N–C) groups is 1. The van der Waals surface area contributed by atoms with Crippen molar-refractivity contribution in [3.63, 3.8) is 0 Å². The predicted molar refractivity (Wildman–Crippen MR) is 91.9 cm³/mol. The molecule has 134 valence electrons. The molecular formula is C18H11F3N6. The summed E-state index contributed by atoms with van der Waals surface area (Å²) in [5, 5.41) is 16.6. The average molecular weight is 368 g/mol. The van der Waals surface area contributed by atoms with Gasteiger partial charge in [-0.1, -0.05) is 18.2 Å². The van der Waals surface area contributed by atoms with Gasteiger partial charge >= 0.3 is 6.18 Å². The Morgan fingerprint density at radius 3 is 2.81 bits per heavy atom. The van der Waals surface area contributed by atoms with Gasteiger partial charge in [-0.15, -0.1) is 0 Å². The van der Waals surface area contributed by atoms with Gasteiger partial charge in [0.1, 0.15) is 11.8 Å². The van der Waals surface area contributed by atoms with Gasteiger partial charge in [-0.2, -0.15) is 23.5 Å². The number of hydrogen-bond donors (Lipinski definition) is 1. The van der Waals surface area contributed by atoms with Gasteiger partial charge in [0.05, 0.1) is 17.8 Å². The van der Waals surface area contributed by atoms with Gasteiger partial charge in [0.15, 0.2) is 5.82 Å². The molecule has 1 aliphatic heterocycles. The Balaban J connectivity index is 1.80. The summed E-state index contributed by atoms with van der Waals surface area (Å²) in [6.07, 6.45) is 0.438. The Morgan fingerprint density at radius 1 is 1.19 bits per heavy atom. The maximum atomic E-state index is 13.0. The normalized spacial score (nSPS) is 16.7. The van der Waals surface area contributed by atoms with Crippen molar-refractivity contribution >= 4 is 16.7 Å². The highest BCUT2D eigenvalue weighted by Gasteiger charge is 2.32. The molecule has 0 radical (unpaired) electrons. The van der Waals surface area contributed by atoms with Crippen LogP contribution < -0.4 is 5.32 Å². The van der Waals surface area contributed by atoms with Crippen LogP contribution in [0.2, 0.25) is 0 Å². The molecular weight excluding hydrogens is 357 g/mol. The lowest BCUT2D eigenvalue weighted by Gasteiger charge is -2.14. The van der Waals surface area contributed by atoms with E-state index in [1.54, 1.807) is 30.6 Å². The monoisotopic (exact) mass is 368 g/mol. The topological polar surface area (TPSA) is 78.9 Å². The van der Waals surface area contributed by atoms with E-state index >= 15 is 0 Å². The van der Waals surface area contributed by atoms with Crippen LogP contribution in [0.25, 0.3) is 16.7 Å². The molecule has 0 aliphatic carbocycles. The van der Waals surface area contributed by atoms with E-state index in [4.69, 9.17) is 5.26 Å². The largest absolute Gasteiger partial charge is 0.433 e. The van der Waals surface area contributed by atoms with E-state index in [1.165, 1.54) is 16.8 Å². The number of rotatable bonds is 2. The number of nitrogens with one attached hydrogen (secondary N) is 1. The number of halogens is 3. The molecule has 3 heterocycles.